The summed E-state index contributed by atoms with van der Waals surface area (Å²) in [4.78, 5) is 32.0. The van der Waals surface area contributed by atoms with Gasteiger partial charge in [-0.1, -0.05) is 12.1 Å². The lowest BCUT2D eigenvalue weighted by molar-refractivity contribution is -0.117. The molecule has 1 aromatic carbocycles. The number of H-pyrrole nitrogens is 1. The Morgan fingerprint density at radius 1 is 1.22 bits per heavy atom. The minimum absolute atomic E-state index is 0.150. The van der Waals surface area contributed by atoms with Crippen molar-refractivity contribution in [3.8, 4) is 0 Å². The number of rotatable bonds is 6. The van der Waals surface area contributed by atoms with Crippen LogP contribution in [0.3, 0.4) is 0 Å². The number of nitrogens with zero attached hydrogens (tertiary/aromatic N) is 2. The molecule has 146 valence electrons. The number of methoxy groups -OCH3 is 1. The molecule has 27 heavy (non-hydrogen) atoms. The van der Waals surface area contributed by atoms with Crippen LogP contribution >= 0.6 is 0 Å². The van der Waals surface area contributed by atoms with Crippen molar-refractivity contribution in [2.24, 2.45) is 0 Å². The molecule has 0 unspecified atom stereocenters. The van der Waals surface area contributed by atoms with E-state index in [2.05, 4.69) is 20.1 Å². The summed E-state index contributed by atoms with van der Waals surface area (Å²) in [7, 11) is 1.32. The molecule has 2 heterocycles. The number of carbonyl (C=O) groups is 2. The number of amides is 1. The Labute approximate surface area is 158 Å². The van der Waals surface area contributed by atoms with Crippen LogP contribution in [0.15, 0.2) is 18.2 Å². The van der Waals surface area contributed by atoms with Gasteiger partial charge in [0.05, 0.1) is 25.9 Å². The highest BCUT2D eigenvalue weighted by molar-refractivity contribution is 6.11. The van der Waals surface area contributed by atoms with Gasteiger partial charge in [0.15, 0.2) is 0 Å². The fourth-order valence-electron chi connectivity index (χ4n) is 3.39. The standard InChI is InChI=1S/C19H26N4O4/c1-13-3-4-14-15(11-13)20-18(19(26)27-2)17(14)21-16(25)12-23-7-5-22(6-8-23)9-10-24/h3-4,11,20,24H,5-10,12H2,1-2H3,(H,21,25). The molecule has 1 fully saturated rings. The molecule has 0 spiro atoms. The molecular weight excluding hydrogens is 348 g/mol. The second-order valence-electron chi connectivity index (χ2n) is 6.81. The molecule has 8 heteroatoms. The zero-order valence-electron chi connectivity index (χ0n) is 15.7. The SMILES string of the molecule is COC(=O)c1[nH]c2cc(C)ccc2c1NC(=O)CN1CCN(CCO)CC1. The number of β-amino-alcohol motifs (C(OH)–C–C–N with tert-alkyl or cyclic N) is 1. The van der Waals surface area contributed by atoms with E-state index in [-0.39, 0.29) is 24.8 Å². The molecule has 2 aromatic rings. The van der Waals surface area contributed by atoms with Crippen molar-refractivity contribution in [1.29, 1.82) is 0 Å². The van der Waals surface area contributed by atoms with Gasteiger partial charge in [-0.25, -0.2) is 4.79 Å². The van der Waals surface area contributed by atoms with E-state index in [1.54, 1.807) is 0 Å². The van der Waals surface area contributed by atoms with Crippen molar-refractivity contribution < 1.29 is 19.4 Å². The number of anilines is 1. The predicted octanol–water partition coefficient (Wildman–Crippen LogP) is 0.811. The lowest BCUT2D eigenvalue weighted by Crippen LogP contribution is -2.49. The number of aromatic amines is 1. The topological polar surface area (TPSA) is 97.9 Å². The number of esters is 1. The van der Waals surface area contributed by atoms with E-state index in [4.69, 9.17) is 9.84 Å². The monoisotopic (exact) mass is 374 g/mol. The first kappa shape index (κ1) is 19.3. The molecular formula is C19H26N4O4. The number of aryl methyl sites for hydroxylation is 1. The van der Waals surface area contributed by atoms with Crippen LogP contribution in [-0.2, 0) is 9.53 Å². The third-order valence-corrected chi connectivity index (χ3v) is 4.86. The third kappa shape index (κ3) is 4.47. The highest BCUT2D eigenvalue weighted by Gasteiger charge is 2.22. The number of hydrogen-bond acceptors (Lipinski definition) is 6. The van der Waals surface area contributed by atoms with Gasteiger partial charge in [-0.05, 0) is 18.6 Å². The summed E-state index contributed by atoms with van der Waals surface area (Å²) < 4.78 is 4.85. The molecule has 0 atom stereocenters. The average molecular weight is 374 g/mol. The zero-order valence-corrected chi connectivity index (χ0v) is 15.7. The van der Waals surface area contributed by atoms with Gasteiger partial charge >= 0.3 is 5.97 Å². The number of piperazine rings is 1. The number of ether oxygens (including phenoxy) is 1. The third-order valence-electron chi connectivity index (χ3n) is 4.86. The maximum absolute atomic E-state index is 12.6. The number of aromatic nitrogens is 1. The quantitative estimate of drug-likeness (QED) is 0.648. The van der Waals surface area contributed by atoms with Crippen LogP contribution in [0, 0.1) is 6.92 Å². The Hall–Kier alpha value is -2.42. The summed E-state index contributed by atoms with van der Waals surface area (Å²) in [5.41, 5.74) is 2.54. The number of fused-ring (bicyclic) bond motifs is 1. The smallest absolute Gasteiger partial charge is 0.356 e. The molecule has 0 saturated carbocycles. The van der Waals surface area contributed by atoms with Crippen LogP contribution in [0.5, 0.6) is 0 Å². The fraction of sp³-hybridized carbons (Fsp3) is 0.474. The molecule has 1 amide bonds. The Balaban J connectivity index is 1.72. The minimum atomic E-state index is -0.517. The average Bonchev–Trinajstić information content (AvgIpc) is 3.00. The molecule has 3 rings (SSSR count). The fourth-order valence-corrected chi connectivity index (χ4v) is 3.39. The number of aliphatic hydroxyl groups is 1. The van der Waals surface area contributed by atoms with Gasteiger partial charge in [0.25, 0.3) is 0 Å². The number of aliphatic hydroxyl groups excluding tert-OH is 1. The van der Waals surface area contributed by atoms with E-state index in [0.717, 1.165) is 42.6 Å². The molecule has 1 aliphatic rings. The van der Waals surface area contributed by atoms with Gasteiger partial charge < -0.3 is 20.1 Å². The minimum Gasteiger partial charge on any atom is -0.464 e. The number of hydrogen-bond donors (Lipinski definition) is 3. The van der Waals surface area contributed by atoms with Crippen molar-refractivity contribution in [3.63, 3.8) is 0 Å². The van der Waals surface area contributed by atoms with Gasteiger partial charge in [0, 0.05) is 43.6 Å². The maximum Gasteiger partial charge on any atom is 0.356 e. The summed E-state index contributed by atoms with van der Waals surface area (Å²) in [5.74, 6) is -0.686. The lowest BCUT2D eigenvalue weighted by Gasteiger charge is -2.33. The first-order valence-corrected chi connectivity index (χ1v) is 9.08. The molecule has 1 aromatic heterocycles. The van der Waals surface area contributed by atoms with Crippen LogP contribution in [0.25, 0.3) is 10.9 Å². The van der Waals surface area contributed by atoms with Crippen LogP contribution in [0.4, 0.5) is 5.69 Å². The molecule has 1 aliphatic heterocycles. The summed E-state index contributed by atoms with van der Waals surface area (Å²) in [6.07, 6.45) is 0. The first-order valence-electron chi connectivity index (χ1n) is 9.08. The first-order chi connectivity index (χ1) is 13.0. The summed E-state index contributed by atoms with van der Waals surface area (Å²) in [6.45, 7) is 6.23. The van der Waals surface area contributed by atoms with E-state index in [1.807, 2.05) is 25.1 Å². The van der Waals surface area contributed by atoms with Crippen LogP contribution in [-0.4, -0.2) is 84.8 Å². The lowest BCUT2D eigenvalue weighted by atomic mass is 10.1. The van der Waals surface area contributed by atoms with Crippen LogP contribution in [0.2, 0.25) is 0 Å². The summed E-state index contributed by atoms with van der Waals surface area (Å²) >= 11 is 0. The molecule has 3 N–H and O–H groups in total. The predicted molar refractivity (Wildman–Crippen MR) is 103 cm³/mol. The van der Waals surface area contributed by atoms with Crippen LogP contribution < -0.4 is 5.32 Å². The highest BCUT2D eigenvalue weighted by Crippen LogP contribution is 2.29. The van der Waals surface area contributed by atoms with E-state index >= 15 is 0 Å². The summed E-state index contributed by atoms with van der Waals surface area (Å²) in [6, 6.07) is 5.75. The van der Waals surface area contributed by atoms with Gasteiger partial charge in [-0.15, -0.1) is 0 Å². The second kappa shape index (κ2) is 8.51. The zero-order chi connectivity index (χ0) is 19.4. The van der Waals surface area contributed by atoms with E-state index in [9.17, 15) is 9.59 Å². The molecule has 1 saturated heterocycles. The number of nitrogens with one attached hydrogen (secondary N) is 2. The van der Waals surface area contributed by atoms with E-state index < -0.39 is 5.97 Å². The Kier molecular flexibility index (Phi) is 6.10. The van der Waals surface area contributed by atoms with E-state index in [0.29, 0.717) is 12.2 Å². The highest BCUT2D eigenvalue weighted by atomic mass is 16.5. The molecule has 0 bridgehead atoms. The summed E-state index contributed by atoms with van der Waals surface area (Å²) in [5, 5.41) is 12.7. The molecule has 0 aliphatic carbocycles. The van der Waals surface area contributed by atoms with Crippen molar-refractivity contribution >= 4 is 28.5 Å². The number of benzene rings is 1. The van der Waals surface area contributed by atoms with Gasteiger partial charge in [0.2, 0.25) is 5.91 Å². The maximum atomic E-state index is 12.6. The van der Waals surface area contributed by atoms with E-state index in [1.165, 1.54) is 7.11 Å². The Morgan fingerprint density at radius 2 is 1.93 bits per heavy atom. The molecule has 8 nitrogen and oxygen atoms in total. The van der Waals surface area contributed by atoms with Crippen molar-refractivity contribution in [1.82, 2.24) is 14.8 Å². The number of carbonyl (C=O) groups excluding carboxylic acids is 2. The van der Waals surface area contributed by atoms with Crippen molar-refractivity contribution in [3.05, 3.63) is 29.5 Å². The largest absolute Gasteiger partial charge is 0.464 e. The van der Waals surface area contributed by atoms with Crippen molar-refractivity contribution in [2.45, 2.75) is 6.92 Å². The molecule has 0 radical (unpaired) electrons. The van der Waals surface area contributed by atoms with Crippen LogP contribution in [0.1, 0.15) is 16.1 Å². The van der Waals surface area contributed by atoms with Gasteiger partial charge in [-0.3, -0.25) is 14.6 Å². The Morgan fingerprint density at radius 3 is 2.59 bits per heavy atom. The normalized spacial score (nSPS) is 15.8. The Bertz CT molecular complexity index is 824. The van der Waals surface area contributed by atoms with Gasteiger partial charge in [0.1, 0.15) is 5.69 Å². The van der Waals surface area contributed by atoms with Gasteiger partial charge in [-0.2, -0.15) is 0 Å². The van der Waals surface area contributed by atoms with Crippen molar-refractivity contribution in [2.75, 3.05) is 58.3 Å². The second-order valence-corrected chi connectivity index (χ2v) is 6.81.